The smallest absolute Gasteiger partial charge is 0.138 e. The van der Waals surface area contributed by atoms with Gasteiger partial charge >= 0.3 is 0 Å². The van der Waals surface area contributed by atoms with E-state index in [4.69, 9.17) is 0 Å². The Labute approximate surface area is 113 Å². The third kappa shape index (κ3) is 2.28. The minimum atomic E-state index is 0.447. The van der Waals surface area contributed by atoms with Gasteiger partial charge in [-0.25, -0.2) is 4.98 Å². The summed E-state index contributed by atoms with van der Waals surface area (Å²) in [4.78, 5) is 4.35. The molecule has 0 bridgehead atoms. The van der Waals surface area contributed by atoms with Crippen LogP contribution in [0, 0.1) is 0 Å². The van der Waals surface area contributed by atoms with E-state index in [9.17, 15) is 0 Å². The molecule has 0 saturated heterocycles. The summed E-state index contributed by atoms with van der Waals surface area (Å²) in [7, 11) is 1.96. The molecule has 2 unspecified atom stereocenters. The maximum atomic E-state index is 4.35. The summed E-state index contributed by atoms with van der Waals surface area (Å²) in [5.41, 5.74) is 2.99. The van der Waals surface area contributed by atoms with Gasteiger partial charge in [0, 0.05) is 25.4 Å². The molecular formula is C15H20N4. The number of hydrogen-bond acceptors (Lipinski definition) is 3. The first-order chi connectivity index (χ1) is 9.29. The molecule has 100 valence electrons. The third-order valence-electron chi connectivity index (χ3n) is 4.05. The zero-order valence-electron chi connectivity index (χ0n) is 11.5. The molecule has 1 aromatic carbocycles. The van der Waals surface area contributed by atoms with Gasteiger partial charge in [0.25, 0.3) is 0 Å². The number of nitrogens with zero attached hydrogens (tertiary/aromatic N) is 3. The highest BCUT2D eigenvalue weighted by atomic mass is 15.3. The maximum Gasteiger partial charge on any atom is 0.138 e. The molecule has 0 fully saturated rings. The molecule has 1 N–H and O–H groups in total. The third-order valence-corrected chi connectivity index (χ3v) is 4.05. The van der Waals surface area contributed by atoms with Gasteiger partial charge in [-0.1, -0.05) is 31.2 Å². The highest BCUT2D eigenvalue weighted by Gasteiger charge is 2.32. The molecule has 2 atom stereocenters. The van der Waals surface area contributed by atoms with Gasteiger partial charge < -0.3 is 5.32 Å². The molecule has 0 spiro atoms. The minimum Gasteiger partial charge on any atom is -0.313 e. The number of aryl methyl sites for hydroxylation is 1. The number of hydrogen-bond donors (Lipinski definition) is 1. The van der Waals surface area contributed by atoms with Crippen LogP contribution in [0.15, 0.2) is 30.6 Å². The van der Waals surface area contributed by atoms with E-state index >= 15 is 0 Å². The van der Waals surface area contributed by atoms with Crippen molar-refractivity contribution in [1.29, 1.82) is 0 Å². The van der Waals surface area contributed by atoms with Gasteiger partial charge in [-0.3, -0.25) is 4.68 Å². The normalized spacial score (nSPS) is 18.7. The molecule has 1 aliphatic carbocycles. The molecule has 1 aromatic heterocycles. The van der Waals surface area contributed by atoms with Crippen molar-refractivity contribution in [1.82, 2.24) is 20.1 Å². The fourth-order valence-corrected chi connectivity index (χ4v) is 2.98. The highest BCUT2D eigenvalue weighted by Crippen LogP contribution is 2.38. The number of aromatic nitrogens is 3. The number of likely N-dealkylation sites (N-methyl/N-ethyl adjacent to an activating group) is 1. The fourth-order valence-electron chi connectivity index (χ4n) is 2.98. The molecule has 19 heavy (non-hydrogen) atoms. The molecule has 4 nitrogen and oxygen atoms in total. The molecule has 3 rings (SSSR count). The van der Waals surface area contributed by atoms with Crippen molar-refractivity contribution in [2.24, 2.45) is 7.05 Å². The van der Waals surface area contributed by atoms with E-state index in [0.717, 1.165) is 18.8 Å². The van der Waals surface area contributed by atoms with Gasteiger partial charge in [-0.05, 0) is 24.1 Å². The van der Waals surface area contributed by atoms with Crippen molar-refractivity contribution in [2.45, 2.75) is 31.7 Å². The fraction of sp³-hybridized carbons (Fsp3) is 0.467. The van der Waals surface area contributed by atoms with E-state index in [1.54, 1.807) is 6.33 Å². The van der Waals surface area contributed by atoms with Crippen LogP contribution in [-0.4, -0.2) is 27.4 Å². The van der Waals surface area contributed by atoms with Crippen LogP contribution < -0.4 is 5.32 Å². The second-order valence-corrected chi connectivity index (χ2v) is 5.18. The Hall–Kier alpha value is -1.68. The topological polar surface area (TPSA) is 42.7 Å². The second kappa shape index (κ2) is 5.13. The largest absolute Gasteiger partial charge is 0.313 e. The monoisotopic (exact) mass is 256 g/mol. The summed E-state index contributed by atoms with van der Waals surface area (Å²) in [6, 6.07) is 9.20. The van der Waals surface area contributed by atoms with Gasteiger partial charge in [-0.2, -0.15) is 5.10 Å². The van der Waals surface area contributed by atoms with Gasteiger partial charge in [0.05, 0.1) is 0 Å². The highest BCUT2D eigenvalue weighted by molar-refractivity contribution is 5.41. The lowest BCUT2D eigenvalue weighted by Gasteiger charge is -2.37. The van der Waals surface area contributed by atoms with Crippen LogP contribution in [0.2, 0.25) is 0 Å². The van der Waals surface area contributed by atoms with E-state index < -0.39 is 0 Å². The van der Waals surface area contributed by atoms with Crippen molar-refractivity contribution in [2.75, 3.05) is 6.54 Å². The lowest BCUT2D eigenvalue weighted by atomic mass is 9.72. The van der Waals surface area contributed by atoms with Crippen molar-refractivity contribution < 1.29 is 0 Å². The second-order valence-electron chi connectivity index (χ2n) is 5.18. The molecule has 0 saturated carbocycles. The minimum absolute atomic E-state index is 0.447. The zero-order valence-corrected chi connectivity index (χ0v) is 11.5. The number of fused-ring (bicyclic) bond motifs is 1. The van der Waals surface area contributed by atoms with Crippen molar-refractivity contribution in [3.05, 3.63) is 47.5 Å². The van der Waals surface area contributed by atoms with Crippen LogP contribution >= 0.6 is 0 Å². The summed E-state index contributed by atoms with van der Waals surface area (Å²) in [6.45, 7) is 3.15. The van der Waals surface area contributed by atoms with Gasteiger partial charge in [-0.15, -0.1) is 0 Å². The Morgan fingerprint density at radius 2 is 2.26 bits per heavy atom. The first-order valence-corrected chi connectivity index (χ1v) is 6.93. The lowest BCUT2D eigenvalue weighted by Crippen LogP contribution is -2.42. The van der Waals surface area contributed by atoms with Gasteiger partial charge in [0.2, 0.25) is 0 Å². The predicted octanol–water partition coefficient (Wildman–Crippen LogP) is 1.68. The lowest BCUT2D eigenvalue weighted by molar-refractivity contribution is 0.394. The van der Waals surface area contributed by atoms with Crippen LogP contribution in [0.3, 0.4) is 0 Å². The maximum absolute atomic E-state index is 4.35. The average Bonchev–Trinajstić information content (AvgIpc) is 2.77. The van der Waals surface area contributed by atoms with E-state index in [-0.39, 0.29) is 0 Å². The molecule has 0 amide bonds. The van der Waals surface area contributed by atoms with Crippen LogP contribution in [0.1, 0.15) is 29.8 Å². The summed E-state index contributed by atoms with van der Waals surface area (Å²) in [5.74, 6) is 1.66. The molecule has 2 aromatic rings. The summed E-state index contributed by atoms with van der Waals surface area (Å²) >= 11 is 0. The first-order valence-electron chi connectivity index (χ1n) is 6.93. The Balaban J connectivity index is 1.78. The SMILES string of the molecule is CCNC(Cc1ncnn1C)C1Cc2ccccc21. The molecule has 1 aliphatic rings. The van der Waals surface area contributed by atoms with Crippen molar-refractivity contribution in [3.8, 4) is 0 Å². The summed E-state index contributed by atoms with van der Waals surface area (Å²) in [6.07, 6.45) is 3.74. The first kappa shape index (κ1) is 12.4. The standard InChI is InChI=1S/C15H20N4/c1-3-16-14(9-15-17-10-18-19(15)2)13-8-11-6-4-5-7-12(11)13/h4-7,10,13-14,16H,3,8-9H2,1-2H3. The molecule has 0 radical (unpaired) electrons. The Morgan fingerprint density at radius 1 is 1.42 bits per heavy atom. The average molecular weight is 256 g/mol. The Kier molecular flexibility index (Phi) is 3.34. The van der Waals surface area contributed by atoms with Crippen LogP contribution in [0.25, 0.3) is 0 Å². The molecule has 0 aliphatic heterocycles. The van der Waals surface area contributed by atoms with E-state index in [0.29, 0.717) is 12.0 Å². The zero-order chi connectivity index (χ0) is 13.2. The van der Waals surface area contributed by atoms with Crippen LogP contribution in [-0.2, 0) is 19.9 Å². The molecular weight excluding hydrogens is 236 g/mol. The Morgan fingerprint density at radius 3 is 2.95 bits per heavy atom. The molecule has 4 heteroatoms. The predicted molar refractivity (Wildman–Crippen MR) is 75.1 cm³/mol. The number of benzene rings is 1. The number of nitrogens with one attached hydrogen (secondary N) is 1. The van der Waals surface area contributed by atoms with Crippen LogP contribution in [0.4, 0.5) is 0 Å². The molecule has 1 heterocycles. The van der Waals surface area contributed by atoms with E-state index in [1.165, 1.54) is 17.5 Å². The van der Waals surface area contributed by atoms with Gasteiger partial charge in [0.1, 0.15) is 12.2 Å². The summed E-state index contributed by atoms with van der Waals surface area (Å²) < 4.78 is 1.87. The van der Waals surface area contributed by atoms with Gasteiger partial charge in [0.15, 0.2) is 0 Å². The van der Waals surface area contributed by atoms with Crippen molar-refractivity contribution in [3.63, 3.8) is 0 Å². The quantitative estimate of drug-likeness (QED) is 0.885. The van der Waals surface area contributed by atoms with Crippen LogP contribution in [0.5, 0.6) is 0 Å². The van der Waals surface area contributed by atoms with Crippen molar-refractivity contribution >= 4 is 0 Å². The summed E-state index contributed by atoms with van der Waals surface area (Å²) in [5, 5.41) is 7.76. The van der Waals surface area contributed by atoms with E-state index in [1.807, 2.05) is 11.7 Å². The number of rotatable bonds is 5. The van der Waals surface area contributed by atoms with E-state index in [2.05, 4.69) is 46.6 Å². The Bertz CT molecular complexity index is 561.